The summed E-state index contributed by atoms with van der Waals surface area (Å²) < 4.78 is 15.8. The van der Waals surface area contributed by atoms with Crippen molar-refractivity contribution in [1.29, 1.82) is 0 Å². The van der Waals surface area contributed by atoms with Gasteiger partial charge in [0, 0.05) is 20.1 Å². The number of ether oxygens (including phenoxy) is 3. The van der Waals surface area contributed by atoms with E-state index in [1.807, 2.05) is 6.92 Å². The topological polar surface area (TPSA) is 79.5 Å². The summed E-state index contributed by atoms with van der Waals surface area (Å²) in [5.41, 5.74) is 6.52. The van der Waals surface area contributed by atoms with Crippen LogP contribution in [0.1, 0.15) is 17.8 Å². The molecule has 0 amide bonds. The fourth-order valence-corrected chi connectivity index (χ4v) is 1.34. The van der Waals surface area contributed by atoms with Crippen LogP contribution in [0.15, 0.2) is 0 Å². The minimum absolute atomic E-state index is 0.467. The van der Waals surface area contributed by atoms with Crippen molar-refractivity contribution in [1.82, 2.24) is 9.97 Å². The molecular formula is C12H21N3O3. The first-order valence-corrected chi connectivity index (χ1v) is 5.95. The average molecular weight is 255 g/mol. The van der Waals surface area contributed by atoms with Crippen molar-refractivity contribution in [2.75, 3.05) is 39.3 Å². The molecule has 0 atom stereocenters. The minimum Gasteiger partial charge on any atom is -0.477 e. The van der Waals surface area contributed by atoms with Crippen molar-refractivity contribution in [2.45, 2.75) is 20.3 Å². The van der Waals surface area contributed by atoms with E-state index in [1.54, 1.807) is 14.0 Å². The first-order chi connectivity index (χ1) is 8.65. The van der Waals surface area contributed by atoms with Gasteiger partial charge in [0.25, 0.3) is 0 Å². The number of methoxy groups -OCH3 is 1. The minimum atomic E-state index is 0.467. The van der Waals surface area contributed by atoms with Gasteiger partial charge in [0.15, 0.2) is 0 Å². The van der Waals surface area contributed by atoms with Crippen LogP contribution < -0.4 is 10.5 Å². The van der Waals surface area contributed by atoms with E-state index in [0.29, 0.717) is 43.9 Å². The van der Waals surface area contributed by atoms with Gasteiger partial charge >= 0.3 is 0 Å². The maximum Gasteiger partial charge on any atom is 0.221 e. The van der Waals surface area contributed by atoms with Crippen LogP contribution >= 0.6 is 0 Å². The largest absolute Gasteiger partial charge is 0.477 e. The number of aryl methyl sites for hydroxylation is 1. The van der Waals surface area contributed by atoms with Gasteiger partial charge in [-0.2, -0.15) is 4.98 Å². The Morgan fingerprint density at radius 1 is 1.06 bits per heavy atom. The summed E-state index contributed by atoms with van der Waals surface area (Å²) in [5.74, 6) is 1.63. The molecule has 6 heteroatoms. The highest BCUT2D eigenvalue weighted by Gasteiger charge is 2.07. The molecule has 1 aromatic heterocycles. The maximum absolute atomic E-state index is 5.74. The molecule has 18 heavy (non-hydrogen) atoms. The summed E-state index contributed by atoms with van der Waals surface area (Å²) in [7, 11) is 1.65. The number of nitrogen functional groups attached to an aromatic ring is 1. The molecule has 0 spiro atoms. The lowest BCUT2D eigenvalue weighted by Gasteiger charge is -2.10. The number of aromatic nitrogens is 2. The van der Waals surface area contributed by atoms with Crippen LogP contribution in [0.25, 0.3) is 0 Å². The Hall–Kier alpha value is -1.40. The Morgan fingerprint density at radius 3 is 2.56 bits per heavy atom. The number of nitrogens with zero attached hydrogens (tertiary/aromatic N) is 2. The number of hydrogen-bond acceptors (Lipinski definition) is 6. The summed E-state index contributed by atoms with van der Waals surface area (Å²) in [5, 5.41) is 0. The van der Waals surface area contributed by atoms with Crippen LogP contribution in [0.5, 0.6) is 5.88 Å². The molecule has 0 aliphatic carbocycles. The van der Waals surface area contributed by atoms with Gasteiger partial charge in [0.2, 0.25) is 5.88 Å². The van der Waals surface area contributed by atoms with Gasteiger partial charge in [-0.15, -0.1) is 0 Å². The first kappa shape index (κ1) is 14.7. The van der Waals surface area contributed by atoms with Crippen LogP contribution in [0.3, 0.4) is 0 Å². The molecule has 0 aromatic carbocycles. The zero-order chi connectivity index (χ0) is 13.4. The average Bonchev–Trinajstić information content (AvgIpc) is 2.33. The monoisotopic (exact) mass is 255 g/mol. The molecule has 6 nitrogen and oxygen atoms in total. The SMILES string of the molecule is COCCOCCCOc1nc(C)nc(N)c1C. The number of anilines is 1. The van der Waals surface area contributed by atoms with Gasteiger partial charge in [-0.1, -0.05) is 0 Å². The molecule has 0 saturated heterocycles. The van der Waals surface area contributed by atoms with E-state index in [9.17, 15) is 0 Å². The van der Waals surface area contributed by atoms with Crippen molar-refractivity contribution in [3.8, 4) is 5.88 Å². The van der Waals surface area contributed by atoms with E-state index in [1.165, 1.54) is 0 Å². The lowest BCUT2D eigenvalue weighted by molar-refractivity contribution is 0.0641. The van der Waals surface area contributed by atoms with Crippen LogP contribution in [0.2, 0.25) is 0 Å². The molecule has 0 bridgehead atoms. The third-order valence-corrected chi connectivity index (χ3v) is 2.35. The van der Waals surface area contributed by atoms with Gasteiger partial charge < -0.3 is 19.9 Å². The van der Waals surface area contributed by atoms with E-state index in [-0.39, 0.29) is 0 Å². The quantitative estimate of drug-likeness (QED) is 0.701. The zero-order valence-corrected chi connectivity index (χ0v) is 11.2. The van der Waals surface area contributed by atoms with E-state index in [0.717, 1.165) is 12.0 Å². The second kappa shape index (κ2) is 7.84. The van der Waals surface area contributed by atoms with Crippen molar-refractivity contribution >= 4 is 5.82 Å². The Kier molecular flexibility index (Phi) is 6.38. The maximum atomic E-state index is 5.74. The highest BCUT2D eigenvalue weighted by Crippen LogP contribution is 2.19. The Morgan fingerprint density at radius 2 is 1.83 bits per heavy atom. The van der Waals surface area contributed by atoms with Gasteiger partial charge in [0.1, 0.15) is 11.6 Å². The van der Waals surface area contributed by atoms with Crippen LogP contribution in [-0.4, -0.2) is 43.5 Å². The second-order valence-corrected chi connectivity index (χ2v) is 3.89. The van der Waals surface area contributed by atoms with E-state index < -0.39 is 0 Å². The molecule has 1 heterocycles. The normalized spacial score (nSPS) is 10.6. The third-order valence-electron chi connectivity index (χ3n) is 2.35. The Labute approximate surface area is 107 Å². The molecular weight excluding hydrogens is 234 g/mol. The van der Waals surface area contributed by atoms with E-state index in [4.69, 9.17) is 19.9 Å². The van der Waals surface area contributed by atoms with E-state index >= 15 is 0 Å². The molecule has 102 valence electrons. The van der Waals surface area contributed by atoms with Crippen molar-refractivity contribution in [3.63, 3.8) is 0 Å². The molecule has 0 radical (unpaired) electrons. The predicted octanol–water partition coefficient (Wildman–Crippen LogP) is 1.11. The molecule has 0 unspecified atom stereocenters. The summed E-state index contributed by atoms with van der Waals surface area (Å²) in [4.78, 5) is 8.27. The van der Waals surface area contributed by atoms with Gasteiger partial charge in [-0.3, -0.25) is 0 Å². The highest BCUT2D eigenvalue weighted by molar-refractivity contribution is 5.44. The fourth-order valence-electron chi connectivity index (χ4n) is 1.34. The summed E-state index contributed by atoms with van der Waals surface area (Å²) in [6, 6.07) is 0. The summed E-state index contributed by atoms with van der Waals surface area (Å²) >= 11 is 0. The third kappa shape index (κ3) is 4.85. The molecule has 0 saturated carbocycles. The summed E-state index contributed by atoms with van der Waals surface area (Å²) in [6.07, 6.45) is 0.798. The van der Waals surface area contributed by atoms with Gasteiger partial charge in [-0.05, 0) is 13.8 Å². The molecule has 2 N–H and O–H groups in total. The Balaban J connectivity index is 2.27. The number of hydrogen-bond donors (Lipinski definition) is 1. The highest BCUT2D eigenvalue weighted by atomic mass is 16.5. The van der Waals surface area contributed by atoms with Crippen LogP contribution in [-0.2, 0) is 9.47 Å². The lowest BCUT2D eigenvalue weighted by atomic mass is 10.3. The zero-order valence-electron chi connectivity index (χ0n) is 11.2. The van der Waals surface area contributed by atoms with Crippen molar-refractivity contribution in [3.05, 3.63) is 11.4 Å². The van der Waals surface area contributed by atoms with Gasteiger partial charge in [-0.25, -0.2) is 4.98 Å². The van der Waals surface area contributed by atoms with E-state index in [2.05, 4.69) is 9.97 Å². The molecule has 1 aromatic rings. The van der Waals surface area contributed by atoms with Crippen molar-refractivity contribution < 1.29 is 14.2 Å². The summed E-state index contributed by atoms with van der Waals surface area (Å²) in [6.45, 7) is 6.04. The lowest BCUT2D eigenvalue weighted by Crippen LogP contribution is -2.09. The van der Waals surface area contributed by atoms with Crippen molar-refractivity contribution in [2.24, 2.45) is 0 Å². The predicted molar refractivity (Wildman–Crippen MR) is 68.7 cm³/mol. The fraction of sp³-hybridized carbons (Fsp3) is 0.667. The number of nitrogens with two attached hydrogens (primary N) is 1. The molecule has 0 aliphatic rings. The standard InChI is InChI=1S/C12H21N3O3/c1-9-11(13)14-10(2)15-12(9)18-6-4-5-17-8-7-16-3/h4-8H2,1-3H3,(H2,13,14,15). The molecule has 1 rings (SSSR count). The van der Waals surface area contributed by atoms with Gasteiger partial charge in [0.05, 0.1) is 25.4 Å². The second-order valence-electron chi connectivity index (χ2n) is 3.89. The van der Waals surface area contributed by atoms with Crippen LogP contribution in [0, 0.1) is 13.8 Å². The Bertz CT molecular complexity index is 372. The molecule has 0 aliphatic heterocycles. The van der Waals surface area contributed by atoms with Crippen LogP contribution in [0.4, 0.5) is 5.82 Å². The first-order valence-electron chi connectivity index (χ1n) is 5.95. The molecule has 0 fully saturated rings. The number of rotatable bonds is 8. The smallest absolute Gasteiger partial charge is 0.221 e.